The molecule has 10 nitrogen and oxygen atoms in total. The first-order chi connectivity index (χ1) is 17.3. The Morgan fingerprint density at radius 3 is 1.86 bits per heavy atom. The van der Waals surface area contributed by atoms with E-state index in [1.807, 2.05) is 12.1 Å². The molecule has 0 spiro atoms. The summed E-state index contributed by atoms with van der Waals surface area (Å²) in [6.45, 7) is 0.143. The van der Waals surface area contributed by atoms with E-state index in [0.29, 0.717) is 19.4 Å². The number of carbonyl (C=O) groups is 4. The van der Waals surface area contributed by atoms with Crippen LogP contribution in [0.5, 0.6) is 0 Å². The first-order valence-corrected chi connectivity index (χ1v) is 11.9. The summed E-state index contributed by atoms with van der Waals surface area (Å²) in [5, 5.41) is 17.3. The van der Waals surface area contributed by atoms with E-state index in [4.69, 9.17) is 11.5 Å². The molecule has 8 N–H and O–H groups in total. The molecule has 36 heavy (non-hydrogen) atoms. The summed E-state index contributed by atoms with van der Waals surface area (Å²) < 4.78 is 0. The van der Waals surface area contributed by atoms with Crippen molar-refractivity contribution < 1.29 is 24.3 Å². The van der Waals surface area contributed by atoms with E-state index in [9.17, 15) is 24.3 Å². The number of unbranched alkanes of at least 4 members (excludes halogenated alkanes) is 1. The molecule has 0 fully saturated rings. The molecule has 0 heterocycles. The highest BCUT2D eigenvalue weighted by Crippen LogP contribution is 2.07. The normalized spacial score (nSPS) is 13.2. The van der Waals surface area contributed by atoms with Crippen molar-refractivity contribution in [1.29, 1.82) is 0 Å². The van der Waals surface area contributed by atoms with Crippen LogP contribution in [0, 0.1) is 0 Å². The van der Waals surface area contributed by atoms with Gasteiger partial charge in [-0.3, -0.25) is 14.4 Å². The average Bonchev–Trinajstić information content (AvgIpc) is 2.87. The summed E-state index contributed by atoms with van der Waals surface area (Å²) in [6, 6.07) is 15.0. The molecule has 0 radical (unpaired) electrons. The highest BCUT2D eigenvalue weighted by Gasteiger charge is 2.27. The zero-order chi connectivity index (χ0) is 26.3. The molecular weight excluding hydrogens is 462 g/mol. The van der Waals surface area contributed by atoms with Gasteiger partial charge in [-0.05, 0) is 30.5 Å². The maximum Gasteiger partial charge on any atom is 0.326 e. The molecule has 3 unspecified atom stereocenters. The van der Waals surface area contributed by atoms with Crippen LogP contribution in [-0.4, -0.2) is 60.0 Å². The summed E-state index contributed by atoms with van der Waals surface area (Å²) in [4.78, 5) is 49.6. The molecule has 0 saturated carbocycles. The topological polar surface area (TPSA) is 177 Å². The van der Waals surface area contributed by atoms with Gasteiger partial charge in [-0.25, -0.2) is 4.79 Å². The summed E-state index contributed by atoms with van der Waals surface area (Å²) in [5.41, 5.74) is 12.8. The van der Waals surface area contributed by atoms with Gasteiger partial charge in [0.2, 0.25) is 17.7 Å². The molecule has 0 aromatic heterocycles. The molecule has 2 aromatic rings. The average molecular weight is 498 g/mol. The predicted octanol–water partition coefficient (Wildman–Crippen LogP) is 0.0985. The summed E-state index contributed by atoms with van der Waals surface area (Å²) in [6.07, 6.45) is 2.13. The minimum Gasteiger partial charge on any atom is -0.480 e. The van der Waals surface area contributed by atoms with Gasteiger partial charge in [0, 0.05) is 12.8 Å². The van der Waals surface area contributed by atoms with Gasteiger partial charge in [-0.15, -0.1) is 0 Å². The van der Waals surface area contributed by atoms with E-state index in [1.165, 1.54) is 0 Å². The van der Waals surface area contributed by atoms with Crippen molar-refractivity contribution in [2.75, 3.05) is 13.1 Å². The summed E-state index contributed by atoms with van der Waals surface area (Å²) in [7, 11) is 0. The third kappa shape index (κ3) is 10.2. The van der Waals surface area contributed by atoms with Gasteiger partial charge < -0.3 is 32.5 Å². The number of rotatable bonds is 15. The van der Waals surface area contributed by atoms with Crippen LogP contribution in [0.2, 0.25) is 0 Å². The molecular formula is C26H35N5O5. The predicted molar refractivity (Wildman–Crippen MR) is 136 cm³/mol. The van der Waals surface area contributed by atoms with Crippen LogP contribution in [0.1, 0.15) is 30.4 Å². The summed E-state index contributed by atoms with van der Waals surface area (Å²) in [5.74, 6) is -2.89. The van der Waals surface area contributed by atoms with E-state index < -0.39 is 41.8 Å². The molecule has 3 amide bonds. The van der Waals surface area contributed by atoms with E-state index in [2.05, 4.69) is 16.0 Å². The monoisotopic (exact) mass is 497 g/mol. The molecule has 0 saturated heterocycles. The van der Waals surface area contributed by atoms with E-state index in [-0.39, 0.29) is 19.4 Å². The number of carbonyl (C=O) groups excluding carboxylic acids is 3. The Morgan fingerprint density at radius 2 is 1.33 bits per heavy atom. The lowest BCUT2D eigenvalue weighted by atomic mass is 10.0. The van der Waals surface area contributed by atoms with Crippen molar-refractivity contribution in [3.05, 3.63) is 71.8 Å². The van der Waals surface area contributed by atoms with Gasteiger partial charge in [-0.2, -0.15) is 0 Å². The highest BCUT2D eigenvalue weighted by molar-refractivity contribution is 5.92. The van der Waals surface area contributed by atoms with Crippen molar-refractivity contribution >= 4 is 23.7 Å². The second kappa shape index (κ2) is 15.3. The van der Waals surface area contributed by atoms with Crippen LogP contribution < -0.4 is 27.4 Å². The number of carboxylic acids is 1. The molecule has 2 aromatic carbocycles. The second-order valence-electron chi connectivity index (χ2n) is 8.51. The number of hydrogen-bond donors (Lipinski definition) is 6. The Morgan fingerprint density at radius 1 is 0.778 bits per heavy atom. The van der Waals surface area contributed by atoms with E-state index in [0.717, 1.165) is 17.5 Å². The van der Waals surface area contributed by atoms with Gasteiger partial charge >= 0.3 is 5.97 Å². The molecule has 194 valence electrons. The van der Waals surface area contributed by atoms with Crippen molar-refractivity contribution in [3.8, 4) is 0 Å². The zero-order valence-corrected chi connectivity index (χ0v) is 20.2. The minimum atomic E-state index is -1.19. The molecule has 3 atom stereocenters. The van der Waals surface area contributed by atoms with Gasteiger partial charge in [0.25, 0.3) is 0 Å². The highest BCUT2D eigenvalue weighted by atomic mass is 16.4. The van der Waals surface area contributed by atoms with Crippen molar-refractivity contribution in [2.45, 2.75) is 50.2 Å². The zero-order valence-electron chi connectivity index (χ0n) is 20.2. The molecule has 10 heteroatoms. The third-order valence-corrected chi connectivity index (χ3v) is 5.56. The second-order valence-corrected chi connectivity index (χ2v) is 8.51. The van der Waals surface area contributed by atoms with E-state index in [1.54, 1.807) is 48.5 Å². The van der Waals surface area contributed by atoms with Gasteiger partial charge in [0.1, 0.15) is 12.1 Å². The quantitative estimate of drug-likeness (QED) is 0.189. The van der Waals surface area contributed by atoms with Gasteiger partial charge in [-0.1, -0.05) is 67.1 Å². The van der Waals surface area contributed by atoms with Crippen LogP contribution in [0.4, 0.5) is 0 Å². The number of hydrogen-bond acceptors (Lipinski definition) is 6. The van der Waals surface area contributed by atoms with Crippen molar-refractivity contribution in [1.82, 2.24) is 16.0 Å². The lowest BCUT2D eigenvalue weighted by Gasteiger charge is -2.22. The van der Waals surface area contributed by atoms with E-state index >= 15 is 0 Å². The summed E-state index contributed by atoms with van der Waals surface area (Å²) >= 11 is 0. The fourth-order valence-corrected chi connectivity index (χ4v) is 3.56. The first kappa shape index (κ1) is 28.5. The van der Waals surface area contributed by atoms with Crippen molar-refractivity contribution in [2.24, 2.45) is 11.5 Å². The lowest BCUT2D eigenvalue weighted by molar-refractivity contribution is -0.142. The molecule has 0 bridgehead atoms. The Labute approximate surface area is 210 Å². The largest absolute Gasteiger partial charge is 0.480 e. The fourth-order valence-electron chi connectivity index (χ4n) is 3.56. The number of carboxylic acid groups (broad SMARTS) is 1. The van der Waals surface area contributed by atoms with Gasteiger partial charge in [0.15, 0.2) is 0 Å². The number of aliphatic carboxylic acids is 1. The number of amides is 3. The van der Waals surface area contributed by atoms with Crippen molar-refractivity contribution in [3.63, 3.8) is 0 Å². The molecule has 2 rings (SSSR count). The maximum atomic E-state index is 13.1. The van der Waals surface area contributed by atoms with Crippen LogP contribution in [-0.2, 0) is 32.0 Å². The SMILES string of the molecule is NCCCCC(N)C(=O)NCC(=O)NC(Cc1ccccc1)C(=O)NC(Cc1ccccc1)C(=O)O. The molecule has 0 aliphatic heterocycles. The van der Waals surface area contributed by atoms with Gasteiger partial charge in [0.05, 0.1) is 12.6 Å². The van der Waals surface area contributed by atoms with Crippen LogP contribution in [0.15, 0.2) is 60.7 Å². The first-order valence-electron chi connectivity index (χ1n) is 11.9. The van der Waals surface area contributed by atoms with Crippen LogP contribution >= 0.6 is 0 Å². The van der Waals surface area contributed by atoms with Crippen LogP contribution in [0.25, 0.3) is 0 Å². The van der Waals surface area contributed by atoms with Crippen LogP contribution in [0.3, 0.4) is 0 Å². The number of nitrogens with one attached hydrogen (secondary N) is 3. The Kier molecular flexibility index (Phi) is 12.1. The Balaban J connectivity index is 2.02. The maximum absolute atomic E-state index is 13.1. The lowest BCUT2D eigenvalue weighted by Crippen LogP contribution is -2.54. The number of benzene rings is 2. The Bertz CT molecular complexity index is 987. The molecule has 0 aliphatic rings. The molecule has 0 aliphatic carbocycles. The Hall–Kier alpha value is -3.76. The minimum absolute atomic E-state index is 0.0893. The third-order valence-electron chi connectivity index (χ3n) is 5.56. The standard InChI is InChI=1S/C26H35N5O5/c27-14-8-7-13-20(28)24(33)29-17-23(32)30-21(15-18-9-3-1-4-10-18)25(34)31-22(26(35)36)16-19-11-5-2-6-12-19/h1-6,9-12,20-22H,7-8,13-17,27-28H2,(H,29,33)(H,30,32)(H,31,34)(H,35,36). The fraction of sp³-hybridized carbons (Fsp3) is 0.385. The number of nitrogens with two attached hydrogens (primary N) is 2. The smallest absolute Gasteiger partial charge is 0.326 e.